The maximum atomic E-state index is 13.8. The summed E-state index contributed by atoms with van der Waals surface area (Å²) in [5, 5.41) is 6.79. The third-order valence-electron chi connectivity index (χ3n) is 4.06. The van der Waals surface area contributed by atoms with Crippen LogP contribution in [0.5, 0.6) is 5.75 Å². The summed E-state index contributed by atoms with van der Waals surface area (Å²) in [5.74, 6) is -0.353. The number of nitrogens with one attached hydrogen (secondary N) is 1. The predicted octanol–water partition coefficient (Wildman–Crippen LogP) is 3.59. The Hall–Kier alpha value is -3.29. The number of aromatic nitrogens is 5. The molecular weight excluding hydrogens is 340 g/mol. The number of ether oxygens (including phenoxy) is 1. The van der Waals surface area contributed by atoms with Crippen molar-refractivity contribution < 1.29 is 13.5 Å². The zero-order valence-electron chi connectivity index (χ0n) is 14.1. The highest BCUT2D eigenvalue weighted by Gasteiger charge is 2.18. The van der Waals surface area contributed by atoms with Gasteiger partial charge < -0.3 is 4.74 Å². The second-order valence-electron chi connectivity index (χ2n) is 5.93. The fourth-order valence-corrected chi connectivity index (χ4v) is 2.88. The number of hydrogen-bond acceptors (Lipinski definition) is 4. The van der Waals surface area contributed by atoms with Crippen LogP contribution in [-0.2, 0) is 6.61 Å². The maximum absolute atomic E-state index is 13.8. The summed E-state index contributed by atoms with van der Waals surface area (Å²) in [4.78, 5) is 8.70. The normalized spacial score (nSPS) is 11.2. The third-order valence-corrected chi connectivity index (χ3v) is 4.06. The number of aryl methyl sites for hydroxylation is 2. The first-order chi connectivity index (χ1) is 12.5. The Morgan fingerprint density at radius 3 is 2.65 bits per heavy atom. The highest BCUT2D eigenvalue weighted by molar-refractivity contribution is 5.66. The molecule has 0 saturated carbocycles. The molecule has 3 heterocycles. The van der Waals surface area contributed by atoms with Crippen molar-refractivity contribution in [3.63, 3.8) is 0 Å². The second-order valence-corrected chi connectivity index (χ2v) is 5.93. The number of aromatic amines is 1. The van der Waals surface area contributed by atoms with Gasteiger partial charge in [0.15, 0.2) is 17.2 Å². The monoisotopic (exact) mass is 355 g/mol. The number of rotatable bonds is 4. The molecule has 0 aliphatic rings. The smallest absolute Gasteiger partial charge is 0.199 e. The van der Waals surface area contributed by atoms with Crippen molar-refractivity contribution in [2.75, 3.05) is 0 Å². The highest BCUT2D eigenvalue weighted by Crippen LogP contribution is 2.29. The van der Waals surface area contributed by atoms with E-state index in [1.807, 2.05) is 24.4 Å². The van der Waals surface area contributed by atoms with Gasteiger partial charge in [0, 0.05) is 6.20 Å². The molecule has 0 unspecified atom stereocenters. The van der Waals surface area contributed by atoms with Crippen molar-refractivity contribution in [2.45, 2.75) is 20.5 Å². The standard InChI is InChI=1S/C18H15F2N5O/c1-10-6-15(26-8-12-13(19)4-3-5-14(12)20)18-23-11(2)16(25(18)7-10)17-21-9-22-24-17/h3-7,9H,8H2,1-2H3,(H,21,22,24). The van der Waals surface area contributed by atoms with Crippen molar-refractivity contribution in [1.29, 1.82) is 0 Å². The number of imidazole rings is 1. The molecule has 6 nitrogen and oxygen atoms in total. The molecule has 1 aromatic carbocycles. The summed E-state index contributed by atoms with van der Waals surface area (Å²) in [5.41, 5.74) is 2.76. The zero-order valence-corrected chi connectivity index (χ0v) is 14.1. The van der Waals surface area contributed by atoms with E-state index in [-0.39, 0.29) is 12.2 Å². The minimum Gasteiger partial charge on any atom is -0.485 e. The van der Waals surface area contributed by atoms with Gasteiger partial charge in [0.05, 0.1) is 11.3 Å². The number of H-pyrrole nitrogens is 1. The second kappa shape index (κ2) is 6.21. The molecule has 8 heteroatoms. The molecule has 1 N–H and O–H groups in total. The van der Waals surface area contributed by atoms with Gasteiger partial charge in [-0.05, 0) is 37.6 Å². The fourth-order valence-electron chi connectivity index (χ4n) is 2.88. The summed E-state index contributed by atoms with van der Waals surface area (Å²) < 4.78 is 35.2. The Bertz CT molecular complexity index is 1070. The molecule has 0 fully saturated rings. The average Bonchev–Trinajstić information content (AvgIpc) is 3.21. The average molecular weight is 355 g/mol. The predicted molar refractivity (Wildman–Crippen MR) is 90.7 cm³/mol. The van der Waals surface area contributed by atoms with Crippen LogP contribution in [-0.4, -0.2) is 24.6 Å². The molecule has 26 heavy (non-hydrogen) atoms. The van der Waals surface area contributed by atoms with Crippen molar-refractivity contribution in [3.05, 3.63) is 65.2 Å². The maximum Gasteiger partial charge on any atom is 0.199 e. The molecule has 0 atom stereocenters. The van der Waals surface area contributed by atoms with Crippen molar-refractivity contribution in [1.82, 2.24) is 24.6 Å². The van der Waals surface area contributed by atoms with E-state index in [1.165, 1.54) is 24.5 Å². The number of hydrogen-bond donors (Lipinski definition) is 1. The van der Waals surface area contributed by atoms with E-state index < -0.39 is 11.6 Å². The van der Waals surface area contributed by atoms with Crippen molar-refractivity contribution in [2.24, 2.45) is 0 Å². The zero-order chi connectivity index (χ0) is 18.3. The number of benzene rings is 1. The van der Waals surface area contributed by atoms with Crippen LogP contribution in [0.15, 0.2) is 36.8 Å². The highest BCUT2D eigenvalue weighted by atomic mass is 19.1. The molecule has 3 aromatic heterocycles. The molecular formula is C18H15F2N5O. The van der Waals surface area contributed by atoms with Gasteiger partial charge in [-0.1, -0.05) is 6.07 Å². The molecule has 0 aliphatic carbocycles. The number of halogens is 2. The number of pyridine rings is 1. The van der Waals surface area contributed by atoms with Gasteiger partial charge in [0.25, 0.3) is 0 Å². The molecule has 4 rings (SSSR count). The lowest BCUT2D eigenvalue weighted by Crippen LogP contribution is -2.03. The van der Waals surface area contributed by atoms with Gasteiger partial charge in [0.1, 0.15) is 30.3 Å². The van der Waals surface area contributed by atoms with E-state index in [4.69, 9.17) is 4.74 Å². The largest absolute Gasteiger partial charge is 0.485 e. The first-order valence-electron chi connectivity index (χ1n) is 7.95. The fraction of sp³-hybridized carbons (Fsp3) is 0.167. The molecule has 132 valence electrons. The van der Waals surface area contributed by atoms with Gasteiger partial charge in [-0.2, -0.15) is 5.10 Å². The Morgan fingerprint density at radius 1 is 1.19 bits per heavy atom. The Labute approximate surface area is 147 Å². The lowest BCUT2D eigenvalue weighted by atomic mass is 10.2. The number of fused-ring (bicyclic) bond motifs is 1. The van der Waals surface area contributed by atoms with Gasteiger partial charge in [-0.3, -0.25) is 9.50 Å². The minimum absolute atomic E-state index is 0.121. The minimum atomic E-state index is -0.644. The van der Waals surface area contributed by atoms with E-state index in [2.05, 4.69) is 20.2 Å². The molecule has 0 radical (unpaired) electrons. The summed E-state index contributed by atoms with van der Waals surface area (Å²) in [6, 6.07) is 5.51. The van der Waals surface area contributed by atoms with E-state index >= 15 is 0 Å². The van der Waals surface area contributed by atoms with Gasteiger partial charge in [-0.25, -0.2) is 18.7 Å². The molecule has 0 spiro atoms. The third kappa shape index (κ3) is 2.69. The Kier molecular flexibility index (Phi) is 3.87. The first kappa shape index (κ1) is 16.2. The lowest BCUT2D eigenvalue weighted by Gasteiger charge is -2.10. The van der Waals surface area contributed by atoms with Crippen LogP contribution in [0.1, 0.15) is 16.8 Å². The number of nitrogens with zero attached hydrogens (tertiary/aromatic N) is 4. The molecule has 4 aromatic rings. The van der Waals surface area contributed by atoms with Crippen LogP contribution < -0.4 is 4.74 Å². The van der Waals surface area contributed by atoms with Crippen LogP contribution in [0, 0.1) is 25.5 Å². The van der Waals surface area contributed by atoms with Gasteiger partial charge >= 0.3 is 0 Å². The van der Waals surface area contributed by atoms with Crippen LogP contribution in [0.4, 0.5) is 8.78 Å². The van der Waals surface area contributed by atoms with Crippen LogP contribution >= 0.6 is 0 Å². The molecule has 0 bridgehead atoms. The van der Waals surface area contributed by atoms with E-state index in [0.29, 0.717) is 17.2 Å². The lowest BCUT2D eigenvalue weighted by molar-refractivity contribution is 0.294. The summed E-state index contributed by atoms with van der Waals surface area (Å²) >= 11 is 0. The summed E-state index contributed by atoms with van der Waals surface area (Å²) in [7, 11) is 0. The van der Waals surface area contributed by atoms with E-state index in [0.717, 1.165) is 17.0 Å². The molecule has 0 amide bonds. The topological polar surface area (TPSA) is 68.1 Å². The SMILES string of the molecule is Cc1cc(OCc2c(F)cccc2F)c2nc(C)c(-c3nc[nH]n3)n2c1. The van der Waals surface area contributed by atoms with Crippen LogP contribution in [0.25, 0.3) is 17.2 Å². The van der Waals surface area contributed by atoms with Crippen molar-refractivity contribution in [3.8, 4) is 17.3 Å². The van der Waals surface area contributed by atoms with Crippen LogP contribution in [0.2, 0.25) is 0 Å². The molecule has 0 aliphatic heterocycles. The summed E-state index contributed by atoms with van der Waals surface area (Å²) in [6.45, 7) is 3.50. The summed E-state index contributed by atoms with van der Waals surface area (Å²) in [6.07, 6.45) is 3.37. The Morgan fingerprint density at radius 2 is 1.96 bits per heavy atom. The first-order valence-corrected chi connectivity index (χ1v) is 7.95. The van der Waals surface area contributed by atoms with E-state index in [9.17, 15) is 8.78 Å². The van der Waals surface area contributed by atoms with Gasteiger partial charge in [-0.15, -0.1) is 0 Å². The Balaban J connectivity index is 1.78. The molecule has 0 saturated heterocycles. The van der Waals surface area contributed by atoms with Crippen LogP contribution in [0.3, 0.4) is 0 Å². The van der Waals surface area contributed by atoms with Crippen molar-refractivity contribution >= 4 is 5.65 Å². The quantitative estimate of drug-likeness (QED) is 0.607. The van der Waals surface area contributed by atoms with Gasteiger partial charge in [0.2, 0.25) is 0 Å². The van der Waals surface area contributed by atoms with E-state index in [1.54, 1.807) is 6.07 Å².